The first kappa shape index (κ1) is 14.8. The van der Waals surface area contributed by atoms with Gasteiger partial charge in [0.1, 0.15) is 0 Å². The highest BCUT2D eigenvalue weighted by Gasteiger charge is 2.16. The number of hydrogen-bond donors (Lipinski definition) is 1. The van der Waals surface area contributed by atoms with E-state index in [0.717, 1.165) is 23.2 Å². The predicted octanol–water partition coefficient (Wildman–Crippen LogP) is 3.05. The maximum absolute atomic E-state index is 12.3. The van der Waals surface area contributed by atoms with E-state index in [1.807, 2.05) is 31.2 Å². The van der Waals surface area contributed by atoms with Crippen molar-refractivity contribution in [3.63, 3.8) is 0 Å². The second kappa shape index (κ2) is 5.94. The SMILES string of the molecule is CCc1[nH]n2c(=O)cc(COC)nc2c1-c1ccc(Cl)cc1. The number of H-pyrrole nitrogens is 1. The Hall–Kier alpha value is -2.11. The van der Waals surface area contributed by atoms with Gasteiger partial charge in [0.25, 0.3) is 5.56 Å². The summed E-state index contributed by atoms with van der Waals surface area (Å²) in [6.07, 6.45) is 0.764. The Morgan fingerprint density at radius 1 is 1.32 bits per heavy atom. The van der Waals surface area contributed by atoms with E-state index in [4.69, 9.17) is 16.3 Å². The lowest BCUT2D eigenvalue weighted by Crippen LogP contribution is -2.16. The van der Waals surface area contributed by atoms with E-state index in [0.29, 0.717) is 23.0 Å². The van der Waals surface area contributed by atoms with Gasteiger partial charge in [0.2, 0.25) is 0 Å². The Balaban J connectivity index is 2.31. The van der Waals surface area contributed by atoms with Gasteiger partial charge < -0.3 is 4.74 Å². The Morgan fingerprint density at radius 3 is 2.68 bits per heavy atom. The van der Waals surface area contributed by atoms with Crippen LogP contribution in [0.4, 0.5) is 0 Å². The minimum Gasteiger partial charge on any atom is -0.378 e. The van der Waals surface area contributed by atoms with Crippen LogP contribution in [-0.2, 0) is 17.8 Å². The molecule has 0 spiro atoms. The fraction of sp³-hybridized carbons (Fsp3) is 0.250. The first-order valence-corrected chi connectivity index (χ1v) is 7.40. The van der Waals surface area contributed by atoms with Gasteiger partial charge in [-0.15, -0.1) is 0 Å². The molecule has 0 aliphatic carbocycles. The molecule has 3 rings (SSSR count). The Kier molecular flexibility index (Phi) is 4.00. The lowest BCUT2D eigenvalue weighted by Gasteiger charge is -2.03. The highest BCUT2D eigenvalue weighted by atomic mass is 35.5. The summed E-state index contributed by atoms with van der Waals surface area (Å²) in [5.41, 5.74) is 3.94. The second-order valence-corrected chi connectivity index (χ2v) is 5.44. The normalized spacial score (nSPS) is 11.2. The fourth-order valence-electron chi connectivity index (χ4n) is 2.53. The monoisotopic (exact) mass is 317 g/mol. The van der Waals surface area contributed by atoms with Crippen LogP contribution in [0.5, 0.6) is 0 Å². The molecular formula is C16H16ClN3O2. The molecule has 0 saturated heterocycles. The summed E-state index contributed by atoms with van der Waals surface area (Å²) >= 11 is 5.96. The van der Waals surface area contributed by atoms with Crippen molar-refractivity contribution in [2.75, 3.05) is 7.11 Å². The highest BCUT2D eigenvalue weighted by Crippen LogP contribution is 2.28. The van der Waals surface area contributed by atoms with Crippen molar-refractivity contribution >= 4 is 17.2 Å². The molecule has 6 heteroatoms. The third-order valence-corrected chi connectivity index (χ3v) is 3.77. The molecule has 0 amide bonds. The van der Waals surface area contributed by atoms with E-state index in [9.17, 15) is 4.79 Å². The van der Waals surface area contributed by atoms with Gasteiger partial charge in [-0.25, -0.2) is 9.50 Å². The Bertz CT molecular complexity index is 865. The van der Waals surface area contributed by atoms with Crippen LogP contribution in [0.3, 0.4) is 0 Å². The van der Waals surface area contributed by atoms with Crippen molar-refractivity contribution in [1.29, 1.82) is 0 Å². The number of nitrogens with one attached hydrogen (secondary N) is 1. The van der Waals surface area contributed by atoms with Gasteiger partial charge >= 0.3 is 0 Å². The van der Waals surface area contributed by atoms with Crippen molar-refractivity contribution in [3.8, 4) is 11.1 Å². The highest BCUT2D eigenvalue weighted by molar-refractivity contribution is 6.30. The van der Waals surface area contributed by atoms with Crippen molar-refractivity contribution in [1.82, 2.24) is 14.6 Å². The average Bonchev–Trinajstić information content (AvgIpc) is 2.88. The van der Waals surface area contributed by atoms with Crippen LogP contribution in [0.25, 0.3) is 16.8 Å². The lowest BCUT2D eigenvalue weighted by molar-refractivity contribution is 0.181. The number of nitrogens with zero attached hydrogens (tertiary/aromatic N) is 2. The zero-order chi connectivity index (χ0) is 15.7. The van der Waals surface area contributed by atoms with Crippen molar-refractivity contribution in [2.24, 2.45) is 0 Å². The Labute approximate surface area is 132 Å². The summed E-state index contributed by atoms with van der Waals surface area (Å²) in [6.45, 7) is 2.34. The summed E-state index contributed by atoms with van der Waals surface area (Å²) in [6, 6.07) is 9.01. The van der Waals surface area contributed by atoms with Crippen LogP contribution in [-0.4, -0.2) is 21.7 Å². The molecule has 2 aromatic heterocycles. The van der Waals surface area contributed by atoms with Crippen LogP contribution >= 0.6 is 11.6 Å². The van der Waals surface area contributed by atoms with Crippen LogP contribution in [0.2, 0.25) is 5.02 Å². The standard InChI is InChI=1S/C16H16ClN3O2/c1-3-13-15(10-4-6-11(17)7-5-10)16-18-12(9-22-2)8-14(21)20(16)19-13/h4-8,19H,3,9H2,1-2H3. The van der Waals surface area contributed by atoms with E-state index in [1.165, 1.54) is 10.6 Å². The summed E-state index contributed by atoms with van der Waals surface area (Å²) in [5, 5.41) is 3.81. The third kappa shape index (κ3) is 2.53. The number of ether oxygens (including phenoxy) is 1. The third-order valence-electron chi connectivity index (χ3n) is 3.52. The molecule has 3 aromatic rings. The maximum atomic E-state index is 12.3. The molecule has 0 aliphatic rings. The molecule has 0 atom stereocenters. The number of aromatic amines is 1. The number of rotatable bonds is 4. The smallest absolute Gasteiger partial charge is 0.273 e. The van der Waals surface area contributed by atoms with E-state index in [1.54, 1.807) is 7.11 Å². The number of aromatic nitrogens is 3. The van der Waals surface area contributed by atoms with Gasteiger partial charge in [-0.2, -0.15) is 0 Å². The molecule has 0 unspecified atom stereocenters. The van der Waals surface area contributed by atoms with Crippen LogP contribution in [0.15, 0.2) is 35.1 Å². The minimum atomic E-state index is -0.146. The number of methoxy groups -OCH3 is 1. The van der Waals surface area contributed by atoms with Crippen LogP contribution in [0, 0.1) is 0 Å². The summed E-state index contributed by atoms with van der Waals surface area (Å²) in [7, 11) is 1.58. The fourth-order valence-corrected chi connectivity index (χ4v) is 2.65. The van der Waals surface area contributed by atoms with Crippen molar-refractivity contribution in [2.45, 2.75) is 20.0 Å². The molecule has 0 radical (unpaired) electrons. The molecule has 114 valence electrons. The van der Waals surface area contributed by atoms with Crippen LogP contribution in [0.1, 0.15) is 18.3 Å². The molecule has 22 heavy (non-hydrogen) atoms. The van der Waals surface area contributed by atoms with Crippen molar-refractivity contribution in [3.05, 3.63) is 57.1 Å². The zero-order valence-corrected chi connectivity index (χ0v) is 13.1. The average molecular weight is 318 g/mol. The summed E-state index contributed by atoms with van der Waals surface area (Å²) < 4.78 is 6.56. The summed E-state index contributed by atoms with van der Waals surface area (Å²) in [5.74, 6) is 0. The lowest BCUT2D eigenvalue weighted by atomic mass is 10.0. The van der Waals surface area contributed by atoms with Crippen molar-refractivity contribution < 1.29 is 4.74 Å². The minimum absolute atomic E-state index is 0.146. The first-order chi connectivity index (χ1) is 10.6. The number of hydrogen-bond acceptors (Lipinski definition) is 3. The van der Waals surface area contributed by atoms with Gasteiger partial charge in [-0.1, -0.05) is 30.7 Å². The summed E-state index contributed by atoms with van der Waals surface area (Å²) in [4.78, 5) is 16.8. The maximum Gasteiger partial charge on any atom is 0.273 e. The molecule has 0 bridgehead atoms. The molecule has 0 saturated carbocycles. The molecule has 2 heterocycles. The number of benzene rings is 1. The predicted molar refractivity (Wildman–Crippen MR) is 86.3 cm³/mol. The van der Waals surface area contributed by atoms with Gasteiger partial charge in [0.15, 0.2) is 5.65 Å². The quantitative estimate of drug-likeness (QED) is 0.804. The van der Waals surface area contributed by atoms with Gasteiger partial charge in [0, 0.05) is 29.5 Å². The van der Waals surface area contributed by atoms with E-state index in [-0.39, 0.29) is 5.56 Å². The molecular weight excluding hydrogens is 302 g/mol. The first-order valence-electron chi connectivity index (χ1n) is 7.02. The molecule has 0 fully saturated rings. The van der Waals surface area contributed by atoms with E-state index < -0.39 is 0 Å². The van der Waals surface area contributed by atoms with Gasteiger partial charge in [-0.3, -0.25) is 9.89 Å². The van der Waals surface area contributed by atoms with Crippen LogP contribution < -0.4 is 5.56 Å². The second-order valence-electron chi connectivity index (χ2n) is 5.00. The molecule has 0 aliphatic heterocycles. The van der Waals surface area contributed by atoms with E-state index in [2.05, 4.69) is 10.1 Å². The topological polar surface area (TPSA) is 59.4 Å². The number of aryl methyl sites for hydroxylation is 1. The van der Waals surface area contributed by atoms with Gasteiger partial charge in [0.05, 0.1) is 12.3 Å². The number of halogens is 1. The molecule has 5 nitrogen and oxygen atoms in total. The zero-order valence-electron chi connectivity index (χ0n) is 12.4. The molecule has 1 N–H and O–H groups in total. The molecule has 1 aromatic carbocycles. The number of fused-ring (bicyclic) bond motifs is 1. The Morgan fingerprint density at radius 2 is 2.05 bits per heavy atom. The largest absolute Gasteiger partial charge is 0.378 e. The van der Waals surface area contributed by atoms with Gasteiger partial charge in [-0.05, 0) is 24.1 Å². The van der Waals surface area contributed by atoms with E-state index >= 15 is 0 Å².